The molecule has 0 radical (unpaired) electrons. The van der Waals surface area contributed by atoms with E-state index in [1.807, 2.05) is 6.08 Å². The lowest BCUT2D eigenvalue weighted by Gasteiger charge is -2.20. The van der Waals surface area contributed by atoms with Gasteiger partial charge in [0.2, 0.25) is 5.91 Å². The molecule has 5 nitrogen and oxygen atoms in total. The lowest BCUT2D eigenvalue weighted by molar-refractivity contribution is -0.124. The van der Waals surface area contributed by atoms with E-state index in [1.165, 1.54) is 116 Å². The van der Waals surface area contributed by atoms with Gasteiger partial charge in [-0.3, -0.25) is 4.79 Å². The zero-order valence-corrected chi connectivity index (χ0v) is 32.3. The molecule has 0 saturated carbocycles. The highest BCUT2D eigenvalue weighted by molar-refractivity contribution is 5.76. The van der Waals surface area contributed by atoms with Gasteiger partial charge in [-0.1, -0.05) is 178 Å². The highest BCUT2D eigenvalue weighted by Crippen LogP contribution is 2.14. The smallest absolute Gasteiger partial charge is 0.222 e. The molecular formula is C44H81NO4. The average molecular weight is 688 g/mol. The Morgan fingerprint density at radius 1 is 0.510 bits per heavy atom. The van der Waals surface area contributed by atoms with Gasteiger partial charge in [0.05, 0.1) is 31.3 Å². The van der Waals surface area contributed by atoms with Crippen LogP contribution in [0.2, 0.25) is 0 Å². The average Bonchev–Trinajstić information content (AvgIpc) is 3.09. The molecule has 0 saturated heterocycles. The van der Waals surface area contributed by atoms with Crippen LogP contribution in [0.25, 0.3) is 0 Å². The van der Waals surface area contributed by atoms with Crippen LogP contribution < -0.4 is 5.32 Å². The van der Waals surface area contributed by atoms with E-state index in [9.17, 15) is 20.1 Å². The largest absolute Gasteiger partial charge is 0.394 e. The first kappa shape index (κ1) is 47.3. The molecule has 0 aromatic rings. The van der Waals surface area contributed by atoms with Crippen LogP contribution in [0.4, 0.5) is 0 Å². The number of carbonyl (C=O) groups excluding carboxylic acids is 1. The van der Waals surface area contributed by atoms with Crippen LogP contribution in [0.3, 0.4) is 0 Å². The minimum Gasteiger partial charge on any atom is -0.394 e. The van der Waals surface area contributed by atoms with E-state index in [0.29, 0.717) is 6.42 Å². The summed E-state index contributed by atoms with van der Waals surface area (Å²) in [7, 11) is 0. The van der Waals surface area contributed by atoms with Crippen molar-refractivity contribution in [1.29, 1.82) is 0 Å². The van der Waals surface area contributed by atoms with Gasteiger partial charge in [0.1, 0.15) is 0 Å². The minimum absolute atomic E-state index is 0.0106. The number of hydrogen-bond acceptors (Lipinski definition) is 4. The number of carbonyl (C=O) groups is 1. The van der Waals surface area contributed by atoms with Gasteiger partial charge in [0.15, 0.2) is 0 Å². The highest BCUT2D eigenvalue weighted by atomic mass is 16.3. The van der Waals surface area contributed by atoms with Crippen molar-refractivity contribution < 1.29 is 20.1 Å². The molecule has 1 amide bonds. The number of allylic oxidation sites excluding steroid dienone is 7. The molecule has 3 unspecified atom stereocenters. The van der Waals surface area contributed by atoms with Crippen molar-refractivity contribution in [1.82, 2.24) is 5.32 Å². The quantitative estimate of drug-likeness (QED) is 0.0386. The second kappa shape index (κ2) is 39.1. The number of nitrogens with one attached hydrogen (secondary N) is 1. The van der Waals surface area contributed by atoms with Crippen LogP contribution in [0.1, 0.15) is 200 Å². The summed E-state index contributed by atoms with van der Waals surface area (Å²) in [4.78, 5) is 12.3. The Balaban J connectivity index is 3.72. The second-order valence-corrected chi connectivity index (χ2v) is 14.2. The Morgan fingerprint density at radius 2 is 0.898 bits per heavy atom. The van der Waals surface area contributed by atoms with Gasteiger partial charge in [0.25, 0.3) is 0 Å². The Bertz CT molecular complexity index is 805. The monoisotopic (exact) mass is 688 g/mol. The molecule has 0 aliphatic rings. The molecule has 0 spiro atoms. The molecule has 3 atom stereocenters. The van der Waals surface area contributed by atoms with E-state index in [2.05, 4.69) is 55.6 Å². The maximum atomic E-state index is 12.3. The van der Waals surface area contributed by atoms with Crippen LogP contribution in [0.5, 0.6) is 0 Å². The molecular weight excluding hydrogens is 606 g/mol. The van der Waals surface area contributed by atoms with E-state index in [0.717, 1.165) is 57.8 Å². The van der Waals surface area contributed by atoms with Gasteiger partial charge in [-0.25, -0.2) is 0 Å². The van der Waals surface area contributed by atoms with Crippen molar-refractivity contribution in [2.75, 3.05) is 6.61 Å². The van der Waals surface area contributed by atoms with E-state index in [-0.39, 0.29) is 18.9 Å². The molecule has 0 fully saturated rings. The van der Waals surface area contributed by atoms with E-state index in [4.69, 9.17) is 0 Å². The van der Waals surface area contributed by atoms with Gasteiger partial charge >= 0.3 is 0 Å². The topological polar surface area (TPSA) is 89.8 Å². The normalized spacial score (nSPS) is 14.1. The van der Waals surface area contributed by atoms with Crippen molar-refractivity contribution in [3.8, 4) is 0 Å². The number of hydrogen-bond donors (Lipinski definition) is 4. The fraction of sp³-hybridized carbons (Fsp3) is 0.795. The number of rotatable bonds is 37. The van der Waals surface area contributed by atoms with E-state index in [1.54, 1.807) is 6.08 Å². The third-order valence-corrected chi connectivity index (χ3v) is 9.32. The summed E-state index contributed by atoms with van der Waals surface area (Å²) in [5.41, 5.74) is 0. The second-order valence-electron chi connectivity index (χ2n) is 14.2. The standard InChI is InChI=1S/C44H81NO4/c1-3-5-7-9-11-13-14-15-16-17-18-19-20-21-22-23-24-25-26-27-28-30-32-34-36-38-43(48)42(40-46)45-44(49)39-41(47)37-35-33-31-29-12-10-8-6-4-2/h10,12,24-25,28,30,36,38,41-43,46-48H,3-9,11,13-23,26-27,29,31-35,37,39-40H2,1-2H3,(H,45,49)/b12-10-,25-24+,30-28+,38-36+. The van der Waals surface area contributed by atoms with Crippen LogP contribution in [0.15, 0.2) is 48.6 Å². The highest BCUT2D eigenvalue weighted by Gasteiger charge is 2.20. The number of aliphatic hydroxyl groups is 3. The van der Waals surface area contributed by atoms with Crippen LogP contribution >= 0.6 is 0 Å². The Hall–Kier alpha value is -1.69. The molecule has 5 heteroatoms. The lowest BCUT2D eigenvalue weighted by atomic mass is 10.0. The summed E-state index contributed by atoms with van der Waals surface area (Å²) < 4.78 is 0. The fourth-order valence-corrected chi connectivity index (χ4v) is 6.06. The predicted molar refractivity (Wildman–Crippen MR) is 213 cm³/mol. The summed E-state index contributed by atoms with van der Waals surface area (Å²) >= 11 is 0. The Kier molecular flexibility index (Phi) is 37.8. The van der Waals surface area contributed by atoms with E-state index >= 15 is 0 Å². The van der Waals surface area contributed by atoms with Crippen molar-refractivity contribution >= 4 is 5.91 Å². The van der Waals surface area contributed by atoms with Crippen LogP contribution in [-0.2, 0) is 4.79 Å². The van der Waals surface area contributed by atoms with Gasteiger partial charge in [0, 0.05) is 0 Å². The number of aliphatic hydroxyl groups excluding tert-OH is 3. The van der Waals surface area contributed by atoms with Gasteiger partial charge < -0.3 is 20.6 Å². The molecule has 0 rings (SSSR count). The molecule has 49 heavy (non-hydrogen) atoms. The summed E-state index contributed by atoms with van der Waals surface area (Å²) in [6.07, 6.45) is 49.8. The van der Waals surface area contributed by atoms with Crippen LogP contribution in [0, 0.1) is 0 Å². The Labute approximate surface area is 304 Å². The first-order chi connectivity index (χ1) is 24.0. The maximum absolute atomic E-state index is 12.3. The number of amides is 1. The molecule has 0 aromatic carbocycles. The summed E-state index contributed by atoms with van der Waals surface area (Å²) in [5.74, 6) is -0.343. The first-order valence-corrected chi connectivity index (χ1v) is 20.9. The molecule has 0 aliphatic carbocycles. The third-order valence-electron chi connectivity index (χ3n) is 9.32. The molecule has 4 N–H and O–H groups in total. The summed E-state index contributed by atoms with van der Waals surface area (Å²) in [5, 5.41) is 33.0. The molecule has 0 bridgehead atoms. The maximum Gasteiger partial charge on any atom is 0.222 e. The number of unbranched alkanes of at least 4 members (excludes halogenated alkanes) is 22. The van der Waals surface area contributed by atoms with Gasteiger partial charge in [-0.2, -0.15) is 0 Å². The zero-order valence-electron chi connectivity index (χ0n) is 32.3. The van der Waals surface area contributed by atoms with Crippen molar-refractivity contribution in [2.24, 2.45) is 0 Å². The zero-order chi connectivity index (χ0) is 35.9. The van der Waals surface area contributed by atoms with E-state index < -0.39 is 18.2 Å². The molecule has 0 aliphatic heterocycles. The SMILES string of the molecule is CCCC/C=C\CCCCCC(O)CC(=O)NC(CO)C(O)/C=C/CC/C=C/CC/C=C/CCCCCCCCCCCCCCCCC. The first-order valence-electron chi connectivity index (χ1n) is 20.9. The summed E-state index contributed by atoms with van der Waals surface area (Å²) in [6.45, 7) is 4.13. The fourth-order valence-electron chi connectivity index (χ4n) is 6.06. The van der Waals surface area contributed by atoms with Crippen LogP contribution in [-0.4, -0.2) is 46.1 Å². The van der Waals surface area contributed by atoms with Gasteiger partial charge in [-0.15, -0.1) is 0 Å². The van der Waals surface area contributed by atoms with Crippen molar-refractivity contribution in [2.45, 2.75) is 218 Å². The van der Waals surface area contributed by atoms with Crippen molar-refractivity contribution in [3.05, 3.63) is 48.6 Å². The summed E-state index contributed by atoms with van der Waals surface area (Å²) in [6, 6.07) is -0.771. The van der Waals surface area contributed by atoms with Crippen molar-refractivity contribution in [3.63, 3.8) is 0 Å². The lowest BCUT2D eigenvalue weighted by Crippen LogP contribution is -2.45. The molecule has 0 aromatic heterocycles. The molecule has 286 valence electrons. The Morgan fingerprint density at radius 3 is 1.37 bits per heavy atom. The third kappa shape index (κ3) is 35.9. The minimum atomic E-state index is -0.963. The van der Waals surface area contributed by atoms with Gasteiger partial charge in [-0.05, 0) is 64.2 Å². The predicted octanol–water partition coefficient (Wildman–Crippen LogP) is 11.8. The molecule has 0 heterocycles.